The normalized spacial score (nSPS) is 10.7. The second-order valence-electron chi connectivity index (χ2n) is 7.49. The van der Waals surface area contributed by atoms with Gasteiger partial charge in [0.15, 0.2) is 0 Å². The van der Waals surface area contributed by atoms with Crippen LogP contribution in [0.25, 0.3) is 0 Å². The van der Waals surface area contributed by atoms with E-state index in [1.807, 2.05) is 18.2 Å². The van der Waals surface area contributed by atoms with Crippen LogP contribution in [0.4, 0.5) is 5.69 Å². The fourth-order valence-corrected chi connectivity index (χ4v) is 3.41. The number of benzene rings is 2. The maximum Gasteiger partial charge on any atom is 0.224 e. The number of unbranched alkanes of at least 4 members (excludes halogenated alkanes) is 8. The summed E-state index contributed by atoms with van der Waals surface area (Å²) in [6.07, 6.45) is 13.0. The molecule has 0 aliphatic heterocycles. The Hall–Kier alpha value is -2.09. The van der Waals surface area contributed by atoms with Gasteiger partial charge in [-0.15, -0.1) is 0 Å². The van der Waals surface area contributed by atoms with Crippen molar-refractivity contribution in [3.05, 3.63) is 65.7 Å². The van der Waals surface area contributed by atoms with Crippen molar-refractivity contribution < 1.29 is 4.79 Å². The Labute approximate surface area is 165 Å². The topological polar surface area (TPSA) is 29.1 Å². The average Bonchev–Trinajstić information content (AvgIpc) is 2.68. The van der Waals surface area contributed by atoms with E-state index in [-0.39, 0.29) is 5.91 Å². The number of hydrogen-bond donors (Lipinski definition) is 1. The van der Waals surface area contributed by atoms with Crippen LogP contribution in [0.5, 0.6) is 0 Å². The van der Waals surface area contributed by atoms with Crippen molar-refractivity contribution >= 4 is 11.6 Å². The van der Waals surface area contributed by atoms with Gasteiger partial charge in [-0.05, 0) is 36.1 Å². The predicted octanol–water partition coefficient (Wildman–Crippen LogP) is 7.14. The van der Waals surface area contributed by atoms with E-state index in [0.29, 0.717) is 6.42 Å². The van der Waals surface area contributed by atoms with Gasteiger partial charge in [-0.2, -0.15) is 0 Å². The molecule has 2 heteroatoms. The van der Waals surface area contributed by atoms with Gasteiger partial charge in [-0.3, -0.25) is 4.79 Å². The maximum atomic E-state index is 12.2. The van der Waals surface area contributed by atoms with Crippen LogP contribution < -0.4 is 5.32 Å². The number of nitrogens with one attached hydrogen (secondary N) is 1. The fraction of sp³-hybridized carbons (Fsp3) is 0.480. The highest BCUT2D eigenvalue weighted by molar-refractivity contribution is 5.90. The van der Waals surface area contributed by atoms with E-state index in [1.54, 1.807) is 0 Å². The molecule has 1 N–H and O–H groups in total. The Morgan fingerprint density at radius 2 is 1.37 bits per heavy atom. The van der Waals surface area contributed by atoms with Gasteiger partial charge in [-0.1, -0.05) is 101 Å². The minimum Gasteiger partial charge on any atom is -0.326 e. The quantitative estimate of drug-likeness (QED) is 0.376. The van der Waals surface area contributed by atoms with Crippen molar-refractivity contribution in [3.63, 3.8) is 0 Å². The third kappa shape index (κ3) is 9.42. The van der Waals surface area contributed by atoms with Crippen molar-refractivity contribution in [2.24, 2.45) is 0 Å². The number of anilines is 1. The van der Waals surface area contributed by atoms with Gasteiger partial charge >= 0.3 is 0 Å². The summed E-state index contributed by atoms with van der Waals surface area (Å²) < 4.78 is 0. The summed E-state index contributed by atoms with van der Waals surface area (Å²) in [5.74, 6) is 0.134. The smallest absolute Gasteiger partial charge is 0.224 e. The van der Waals surface area contributed by atoms with Gasteiger partial charge < -0.3 is 5.32 Å². The largest absolute Gasteiger partial charge is 0.326 e. The number of carbonyl (C=O) groups excluding carboxylic acids is 1. The molecule has 27 heavy (non-hydrogen) atoms. The fourth-order valence-electron chi connectivity index (χ4n) is 3.41. The molecule has 2 nitrogen and oxygen atoms in total. The molecule has 0 fully saturated rings. The van der Waals surface area contributed by atoms with E-state index in [0.717, 1.165) is 24.9 Å². The van der Waals surface area contributed by atoms with Crippen LogP contribution in [0.1, 0.15) is 82.3 Å². The first-order chi connectivity index (χ1) is 13.3. The average molecular weight is 366 g/mol. The first-order valence-corrected chi connectivity index (χ1v) is 10.7. The van der Waals surface area contributed by atoms with Crippen LogP contribution in [0, 0.1) is 0 Å². The minimum atomic E-state index is 0.134. The van der Waals surface area contributed by atoms with Gasteiger partial charge in [-0.25, -0.2) is 0 Å². The molecule has 2 aromatic rings. The number of carbonyl (C=O) groups is 1. The standard InChI is InChI=1S/C25H35NO/c1-2-3-4-5-6-7-8-9-13-19-25(27)26-24-18-14-17-23(21-24)20-22-15-11-10-12-16-22/h10-12,14-18,21H,2-9,13,19-20H2,1H3,(H,26,27). The maximum absolute atomic E-state index is 12.2. The highest BCUT2D eigenvalue weighted by Gasteiger charge is 2.04. The zero-order valence-electron chi connectivity index (χ0n) is 16.9. The van der Waals surface area contributed by atoms with Crippen molar-refractivity contribution in [2.75, 3.05) is 5.32 Å². The molecule has 2 rings (SSSR count). The Kier molecular flexibility index (Phi) is 10.3. The second-order valence-corrected chi connectivity index (χ2v) is 7.49. The first kappa shape index (κ1) is 21.2. The zero-order valence-corrected chi connectivity index (χ0v) is 16.9. The highest BCUT2D eigenvalue weighted by atomic mass is 16.1. The van der Waals surface area contributed by atoms with E-state index < -0.39 is 0 Å². The molecule has 0 bridgehead atoms. The molecule has 0 radical (unpaired) electrons. The van der Waals surface area contributed by atoms with E-state index in [2.05, 4.69) is 48.6 Å². The van der Waals surface area contributed by atoms with Gasteiger partial charge in [0.1, 0.15) is 0 Å². The summed E-state index contributed by atoms with van der Waals surface area (Å²) in [5.41, 5.74) is 3.42. The lowest BCUT2D eigenvalue weighted by Gasteiger charge is -2.08. The summed E-state index contributed by atoms with van der Waals surface area (Å²) in [6.45, 7) is 2.25. The Bertz CT molecular complexity index is 650. The predicted molar refractivity (Wildman–Crippen MR) is 116 cm³/mol. The summed E-state index contributed by atoms with van der Waals surface area (Å²) in [4.78, 5) is 12.2. The summed E-state index contributed by atoms with van der Waals surface area (Å²) in [6, 6.07) is 18.6. The van der Waals surface area contributed by atoms with E-state index in [1.165, 1.54) is 56.1 Å². The van der Waals surface area contributed by atoms with Crippen LogP contribution in [0.2, 0.25) is 0 Å². The van der Waals surface area contributed by atoms with Crippen molar-refractivity contribution in [1.29, 1.82) is 0 Å². The van der Waals surface area contributed by atoms with E-state index in [4.69, 9.17) is 0 Å². The van der Waals surface area contributed by atoms with Gasteiger partial charge in [0.2, 0.25) is 5.91 Å². The SMILES string of the molecule is CCCCCCCCCCCC(=O)Nc1cccc(Cc2ccccc2)c1. The van der Waals surface area contributed by atoms with Crippen LogP contribution in [-0.2, 0) is 11.2 Å². The number of amides is 1. The summed E-state index contributed by atoms with van der Waals surface area (Å²) in [5, 5.41) is 3.05. The molecule has 0 unspecified atom stereocenters. The van der Waals surface area contributed by atoms with Crippen LogP contribution in [0.15, 0.2) is 54.6 Å². The van der Waals surface area contributed by atoms with Gasteiger partial charge in [0.25, 0.3) is 0 Å². The Balaban J connectivity index is 1.62. The third-order valence-corrected chi connectivity index (χ3v) is 4.97. The van der Waals surface area contributed by atoms with Crippen LogP contribution >= 0.6 is 0 Å². The Morgan fingerprint density at radius 3 is 2.07 bits per heavy atom. The lowest BCUT2D eigenvalue weighted by molar-refractivity contribution is -0.116. The second kappa shape index (κ2) is 13.1. The Morgan fingerprint density at radius 1 is 0.741 bits per heavy atom. The van der Waals surface area contributed by atoms with Crippen molar-refractivity contribution in [1.82, 2.24) is 0 Å². The van der Waals surface area contributed by atoms with E-state index in [9.17, 15) is 4.79 Å². The monoisotopic (exact) mass is 365 g/mol. The van der Waals surface area contributed by atoms with Gasteiger partial charge in [0.05, 0.1) is 0 Å². The van der Waals surface area contributed by atoms with Crippen LogP contribution in [0.3, 0.4) is 0 Å². The molecule has 0 saturated carbocycles. The van der Waals surface area contributed by atoms with Crippen molar-refractivity contribution in [2.45, 2.75) is 77.6 Å². The number of rotatable bonds is 13. The molecule has 0 saturated heterocycles. The molecule has 2 aromatic carbocycles. The third-order valence-electron chi connectivity index (χ3n) is 4.97. The molecule has 146 valence electrons. The molecule has 0 spiro atoms. The molecular formula is C25H35NO. The molecule has 0 atom stereocenters. The molecule has 0 aliphatic carbocycles. The lowest BCUT2D eigenvalue weighted by Crippen LogP contribution is -2.11. The molecular weight excluding hydrogens is 330 g/mol. The molecule has 1 amide bonds. The molecule has 0 heterocycles. The van der Waals surface area contributed by atoms with Gasteiger partial charge in [0, 0.05) is 12.1 Å². The first-order valence-electron chi connectivity index (χ1n) is 10.7. The highest BCUT2D eigenvalue weighted by Crippen LogP contribution is 2.16. The number of hydrogen-bond acceptors (Lipinski definition) is 1. The zero-order chi connectivity index (χ0) is 19.2. The molecule has 0 aromatic heterocycles. The lowest BCUT2D eigenvalue weighted by atomic mass is 10.0. The minimum absolute atomic E-state index is 0.134. The molecule has 0 aliphatic rings. The summed E-state index contributed by atoms with van der Waals surface area (Å²) in [7, 11) is 0. The summed E-state index contributed by atoms with van der Waals surface area (Å²) >= 11 is 0. The van der Waals surface area contributed by atoms with E-state index >= 15 is 0 Å². The van der Waals surface area contributed by atoms with Crippen LogP contribution in [-0.4, -0.2) is 5.91 Å². The van der Waals surface area contributed by atoms with Crippen molar-refractivity contribution in [3.8, 4) is 0 Å².